The lowest BCUT2D eigenvalue weighted by atomic mass is 9.77. The molecule has 0 fully saturated rings. The molecule has 0 radical (unpaired) electrons. The van der Waals surface area contributed by atoms with Crippen LogP contribution in [-0.4, -0.2) is 25.5 Å². The summed E-state index contributed by atoms with van der Waals surface area (Å²) >= 11 is 3.53. The summed E-state index contributed by atoms with van der Waals surface area (Å²) in [5, 5.41) is 6.64. The van der Waals surface area contributed by atoms with Crippen LogP contribution in [0.25, 0.3) is 5.57 Å². The van der Waals surface area contributed by atoms with Crippen LogP contribution in [-0.2, 0) is 25.3 Å². The monoisotopic (exact) mass is 532 g/mol. The number of rotatable bonds is 7. The molecule has 3 aromatic rings. The lowest BCUT2D eigenvalue weighted by molar-refractivity contribution is -0.147. The Balaban J connectivity index is 1.72. The topological polar surface area (TPSA) is 67.4 Å². The smallest absolute Gasteiger partial charge is 0.318 e. The van der Waals surface area contributed by atoms with Crippen LogP contribution in [0.3, 0.4) is 0 Å². The summed E-state index contributed by atoms with van der Waals surface area (Å²) in [6.45, 7) is 4.10. The van der Waals surface area contributed by atoms with Gasteiger partial charge in [-0.15, -0.1) is 0 Å². The van der Waals surface area contributed by atoms with Crippen molar-refractivity contribution in [3.63, 3.8) is 0 Å². The molecule has 0 saturated heterocycles. The summed E-state index contributed by atoms with van der Waals surface area (Å²) in [5.74, 6) is -0.617. The van der Waals surface area contributed by atoms with E-state index in [-0.39, 0.29) is 18.4 Å². The largest absolute Gasteiger partial charge is 0.468 e. The van der Waals surface area contributed by atoms with Crippen molar-refractivity contribution in [3.8, 4) is 0 Å². The number of fused-ring (bicyclic) bond motifs is 1. The summed E-state index contributed by atoms with van der Waals surface area (Å²) in [7, 11) is 1.38. The van der Waals surface area contributed by atoms with E-state index in [1.807, 2.05) is 91.9 Å². The maximum Gasteiger partial charge on any atom is 0.318 e. The zero-order chi connectivity index (χ0) is 25.1. The van der Waals surface area contributed by atoms with Gasteiger partial charge in [-0.2, -0.15) is 0 Å². The average Bonchev–Trinajstić information content (AvgIpc) is 2.90. The molecular formula is C29H29BrN2O3. The highest BCUT2D eigenvalue weighted by atomic mass is 79.9. The zero-order valence-electron chi connectivity index (χ0n) is 20.1. The van der Waals surface area contributed by atoms with Gasteiger partial charge in [0, 0.05) is 27.8 Å². The minimum atomic E-state index is -0.984. The third-order valence-corrected chi connectivity index (χ3v) is 7.27. The van der Waals surface area contributed by atoms with Gasteiger partial charge in [-0.3, -0.25) is 9.59 Å². The normalized spacial score (nSPS) is 18.3. The van der Waals surface area contributed by atoms with Crippen molar-refractivity contribution in [2.45, 2.75) is 31.2 Å². The first-order valence-electron chi connectivity index (χ1n) is 11.6. The van der Waals surface area contributed by atoms with Gasteiger partial charge in [0.15, 0.2) is 0 Å². The third kappa shape index (κ3) is 4.76. The zero-order valence-corrected chi connectivity index (χ0v) is 21.7. The highest BCUT2D eigenvalue weighted by molar-refractivity contribution is 9.10. The molecule has 0 spiro atoms. The Labute approximate surface area is 214 Å². The Morgan fingerprint density at radius 1 is 1.03 bits per heavy atom. The van der Waals surface area contributed by atoms with Crippen molar-refractivity contribution < 1.29 is 14.3 Å². The molecule has 0 bridgehead atoms. The number of carbonyl (C=O) groups is 2. The summed E-state index contributed by atoms with van der Waals surface area (Å²) in [4.78, 5) is 26.7. The fraction of sp³-hybridized carbons (Fsp3) is 0.241. The van der Waals surface area contributed by atoms with Crippen LogP contribution in [0.15, 0.2) is 89.4 Å². The Morgan fingerprint density at radius 3 is 2.31 bits per heavy atom. The molecule has 1 aliphatic heterocycles. The van der Waals surface area contributed by atoms with Crippen LogP contribution in [0, 0.1) is 0 Å². The van der Waals surface area contributed by atoms with E-state index in [9.17, 15) is 9.59 Å². The number of hydrogen-bond acceptors (Lipinski definition) is 4. The Morgan fingerprint density at radius 2 is 1.69 bits per heavy atom. The van der Waals surface area contributed by atoms with Gasteiger partial charge in [-0.1, -0.05) is 83.5 Å². The molecule has 0 aromatic heterocycles. The predicted molar refractivity (Wildman–Crippen MR) is 143 cm³/mol. The van der Waals surface area contributed by atoms with Crippen LogP contribution in [0.2, 0.25) is 0 Å². The second kappa shape index (κ2) is 10.1. The van der Waals surface area contributed by atoms with Crippen molar-refractivity contribution in [2.75, 3.05) is 19.0 Å². The molecular weight excluding hydrogens is 504 g/mol. The van der Waals surface area contributed by atoms with E-state index >= 15 is 0 Å². The van der Waals surface area contributed by atoms with Crippen molar-refractivity contribution in [2.24, 2.45) is 0 Å². The van der Waals surface area contributed by atoms with Gasteiger partial charge < -0.3 is 15.4 Å². The summed E-state index contributed by atoms with van der Waals surface area (Å²) in [5.41, 5.74) is 2.50. The van der Waals surface area contributed by atoms with Crippen LogP contribution in [0.1, 0.15) is 37.0 Å². The van der Waals surface area contributed by atoms with Crippen molar-refractivity contribution in [3.05, 3.63) is 106 Å². The molecule has 2 atom stereocenters. The van der Waals surface area contributed by atoms with E-state index in [0.29, 0.717) is 12.0 Å². The Hall–Kier alpha value is -3.38. The van der Waals surface area contributed by atoms with E-state index in [4.69, 9.17) is 4.74 Å². The number of anilines is 1. The first-order valence-corrected chi connectivity index (χ1v) is 12.4. The van der Waals surface area contributed by atoms with Crippen molar-refractivity contribution >= 4 is 39.1 Å². The molecule has 0 saturated carbocycles. The average molecular weight is 533 g/mol. The number of amides is 1. The number of esters is 1. The van der Waals surface area contributed by atoms with Gasteiger partial charge in [0.1, 0.15) is 5.41 Å². The lowest BCUT2D eigenvalue weighted by Crippen LogP contribution is -2.47. The molecule has 1 aliphatic rings. The molecule has 2 unspecified atom stereocenters. The summed E-state index contributed by atoms with van der Waals surface area (Å²) < 4.78 is 6.06. The second-order valence-corrected chi connectivity index (χ2v) is 9.83. The van der Waals surface area contributed by atoms with E-state index in [2.05, 4.69) is 33.5 Å². The highest BCUT2D eigenvalue weighted by Gasteiger charge is 2.41. The van der Waals surface area contributed by atoms with Gasteiger partial charge in [0.2, 0.25) is 0 Å². The number of hydrogen-bond donors (Lipinski definition) is 2. The first-order chi connectivity index (χ1) is 16.8. The predicted octanol–water partition coefficient (Wildman–Crippen LogP) is 5.81. The van der Waals surface area contributed by atoms with E-state index in [0.717, 1.165) is 26.9 Å². The second-order valence-electron chi connectivity index (χ2n) is 8.92. The van der Waals surface area contributed by atoms with Gasteiger partial charge in [0.25, 0.3) is 5.91 Å². The number of nitrogens with one attached hydrogen (secondary N) is 2. The summed E-state index contributed by atoms with van der Waals surface area (Å²) in [6.07, 6.45) is 2.44. The van der Waals surface area contributed by atoms with Crippen LogP contribution >= 0.6 is 15.9 Å². The number of benzene rings is 3. The minimum absolute atomic E-state index is 0.120. The SMILES string of the molecule is CCC(CNC(=O)C1=CC(C)(c2ccccc2)Nc2ccc(Br)cc21)(C(=O)OC)c1ccccc1. The van der Waals surface area contributed by atoms with Crippen LogP contribution in [0.4, 0.5) is 5.69 Å². The Kier molecular flexibility index (Phi) is 7.13. The molecule has 1 amide bonds. The molecule has 0 aliphatic carbocycles. The number of halogens is 1. The number of methoxy groups -OCH3 is 1. The highest BCUT2D eigenvalue weighted by Crippen LogP contribution is 2.40. The van der Waals surface area contributed by atoms with E-state index in [1.54, 1.807) is 0 Å². The Bertz CT molecular complexity index is 1260. The molecule has 5 nitrogen and oxygen atoms in total. The fourth-order valence-corrected chi connectivity index (χ4v) is 5.06. The van der Waals surface area contributed by atoms with Crippen LogP contribution < -0.4 is 10.6 Å². The maximum atomic E-state index is 13.7. The van der Waals surface area contributed by atoms with Crippen molar-refractivity contribution in [1.82, 2.24) is 5.32 Å². The molecule has 6 heteroatoms. The third-order valence-electron chi connectivity index (χ3n) is 6.77. The lowest BCUT2D eigenvalue weighted by Gasteiger charge is -2.36. The number of carbonyl (C=O) groups excluding carboxylic acids is 2. The molecule has 1 heterocycles. The molecule has 180 valence electrons. The molecule has 35 heavy (non-hydrogen) atoms. The summed E-state index contributed by atoms with van der Waals surface area (Å²) in [6, 6.07) is 25.3. The minimum Gasteiger partial charge on any atom is -0.468 e. The van der Waals surface area contributed by atoms with Gasteiger partial charge >= 0.3 is 5.97 Å². The quantitative estimate of drug-likeness (QED) is 0.376. The fourth-order valence-electron chi connectivity index (χ4n) is 4.70. The first kappa shape index (κ1) is 24.7. The van der Waals surface area contributed by atoms with Crippen LogP contribution in [0.5, 0.6) is 0 Å². The van der Waals surface area contributed by atoms with Crippen molar-refractivity contribution in [1.29, 1.82) is 0 Å². The van der Waals surface area contributed by atoms with Gasteiger partial charge in [-0.25, -0.2) is 0 Å². The molecule has 2 N–H and O–H groups in total. The standard InChI is InChI=1S/C29H29BrN2O3/c1-4-29(27(34)35-3,21-13-9-6-10-14-21)19-31-26(33)24-18-28(2,20-11-7-5-8-12-20)32-25-16-15-22(30)17-23(24)25/h5-18,32H,4,19H2,1-3H3,(H,31,33). The van der Waals surface area contributed by atoms with E-state index < -0.39 is 11.0 Å². The maximum absolute atomic E-state index is 13.7. The molecule has 3 aromatic carbocycles. The van der Waals surface area contributed by atoms with Gasteiger partial charge in [0.05, 0.1) is 12.6 Å². The van der Waals surface area contributed by atoms with E-state index in [1.165, 1.54) is 7.11 Å². The molecule has 4 rings (SSSR count). The van der Waals surface area contributed by atoms with Gasteiger partial charge in [-0.05, 0) is 48.7 Å². The number of ether oxygens (including phenoxy) is 1.